The first-order valence-corrected chi connectivity index (χ1v) is 9.17. The molecule has 1 aromatic heterocycles. The van der Waals surface area contributed by atoms with Gasteiger partial charge in [0.1, 0.15) is 18.8 Å². The lowest BCUT2D eigenvalue weighted by molar-refractivity contribution is -0.154. The fourth-order valence-corrected chi connectivity index (χ4v) is 2.82. The molecule has 0 N–H and O–H groups in total. The van der Waals surface area contributed by atoms with Gasteiger partial charge in [-0.2, -0.15) is 8.42 Å². The summed E-state index contributed by atoms with van der Waals surface area (Å²) in [5.41, 5.74) is -0.862. The molecule has 25 heavy (non-hydrogen) atoms. The van der Waals surface area contributed by atoms with Crippen molar-refractivity contribution >= 4 is 27.1 Å². The van der Waals surface area contributed by atoms with Crippen LogP contribution in [0.5, 0.6) is 0 Å². The minimum absolute atomic E-state index is 0.0749. The largest absolute Gasteiger partial charge is 0.463 e. The van der Waals surface area contributed by atoms with Crippen molar-refractivity contribution in [2.24, 2.45) is 5.41 Å². The van der Waals surface area contributed by atoms with Gasteiger partial charge in [0.15, 0.2) is 0 Å². The summed E-state index contributed by atoms with van der Waals surface area (Å²) >= 11 is 0. The number of benzene rings is 1. The quantitative estimate of drug-likeness (QED) is 0.320. The maximum absolute atomic E-state index is 12.2. The summed E-state index contributed by atoms with van der Waals surface area (Å²) in [5, 5.41) is 0.459. The molecule has 0 amide bonds. The molecule has 0 saturated heterocycles. The smallest absolute Gasteiger partial charge is 0.336 e. The van der Waals surface area contributed by atoms with Gasteiger partial charge in [-0.1, -0.05) is 6.92 Å². The molecular weight excluding hydrogens is 348 g/mol. The van der Waals surface area contributed by atoms with E-state index in [-0.39, 0.29) is 23.7 Å². The fraction of sp³-hybridized carbons (Fsp3) is 0.412. The van der Waals surface area contributed by atoms with Gasteiger partial charge >= 0.3 is 11.6 Å². The lowest BCUT2D eigenvalue weighted by Crippen LogP contribution is -2.27. The zero-order valence-corrected chi connectivity index (χ0v) is 15.1. The molecule has 0 saturated carbocycles. The predicted octanol–water partition coefficient (Wildman–Crippen LogP) is 2.48. The minimum Gasteiger partial charge on any atom is -0.463 e. The molecule has 0 bridgehead atoms. The number of hydrogen-bond acceptors (Lipinski definition) is 7. The second-order valence-corrected chi connectivity index (χ2v) is 7.72. The van der Waals surface area contributed by atoms with Crippen LogP contribution in [0.4, 0.5) is 0 Å². The van der Waals surface area contributed by atoms with E-state index in [0.717, 1.165) is 0 Å². The van der Waals surface area contributed by atoms with Crippen LogP contribution in [0.15, 0.2) is 44.4 Å². The fourth-order valence-electron chi connectivity index (χ4n) is 1.89. The van der Waals surface area contributed by atoms with E-state index < -0.39 is 27.1 Å². The molecule has 0 aliphatic carbocycles. The second kappa shape index (κ2) is 7.37. The molecule has 2 aromatic rings. The Labute approximate surface area is 145 Å². The third-order valence-corrected chi connectivity index (χ3v) is 5.18. The maximum Gasteiger partial charge on any atom is 0.336 e. The summed E-state index contributed by atoms with van der Waals surface area (Å²) < 4.78 is 39.2. The predicted molar refractivity (Wildman–Crippen MR) is 90.7 cm³/mol. The number of esters is 1. The third-order valence-electron chi connectivity index (χ3n) is 3.87. The van der Waals surface area contributed by atoms with E-state index in [2.05, 4.69) is 0 Å². The van der Waals surface area contributed by atoms with Gasteiger partial charge in [0, 0.05) is 11.5 Å². The van der Waals surface area contributed by atoms with Crippen molar-refractivity contribution in [2.45, 2.75) is 32.1 Å². The first-order valence-electron chi connectivity index (χ1n) is 7.76. The van der Waals surface area contributed by atoms with Gasteiger partial charge in [-0.15, -0.1) is 0 Å². The summed E-state index contributed by atoms with van der Waals surface area (Å²) in [6.07, 6.45) is 0.609. The van der Waals surface area contributed by atoms with Crippen molar-refractivity contribution in [3.8, 4) is 0 Å². The standard InChI is InChI=1S/C17H20O7S/c1-4-17(2,3)16(19)22-9-10-23-25(20,21)13-6-7-14-12(11-13)5-8-15(18)24-14/h5-8,11H,4,9-10H2,1-3H3. The number of carbonyl (C=O) groups excluding carboxylic acids is 1. The molecule has 136 valence electrons. The van der Waals surface area contributed by atoms with E-state index in [4.69, 9.17) is 13.3 Å². The summed E-state index contributed by atoms with van der Waals surface area (Å²) in [6, 6.07) is 6.69. The van der Waals surface area contributed by atoms with Crippen molar-refractivity contribution in [2.75, 3.05) is 13.2 Å². The summed E-state index contributed by atoms with van der Waals surface area (Å²) in [6.45, 7) is 4.92. The third kappa shape index (κ3) is 4.67. The van der Waals surface area contributed by atoms with E-state index in [0.29, 0.717) is 11.8 Å². The molecule has 0 unspecified atom stereocenters. The first kappa shape index (κ1) is 19.1. The minimum atomic E-state index is -4.01. The number of fused-ring (bicyclic) bond motifs is 1. The van der Waals surface area contributed by atoms with Crippen molar-refractivity contribution in [1.29, 1.82) is 0 Å². The molecule has 8 heteroatoms. The highest BCUT2D eigenvalue weighted by molar-refractivity contribution is 7.86. The highest BCUT2D eigenvalue weighted by Crippen LogP contribution is 2.22. The summed E-state index contributed by atoms with van der Waals surface area (Å²) in [7, 11) is -4.01. The molecule has 1 aromatic carbocycles. The molecule has 2 rings (SSSR count). The Morgan fingerprint density at radius 1 is 1.16 bits per heavy atom. The molecule has 0 radical (unpaired) electrons. The summed E-state index contributed by atoms with van der Waals surface area (Å²) in [5.74, 6) is -0.406. The van der Waals surface area contributed by atoms with E-state index in [1.165, 1.54) is 30.3 Å². The van der Waals surface area contributed by atoms with Crippen LogP contribution in [0.1, 0.15) is 27.2 Å². The monoisotopic (exact) mass is 368 g/mol. The Hall–Kier alpha value is -2.19. The van der Waals surface area contributed by atoms with Gasteiger partial charge in [0.05, 0.1) is 10.3 Å². The summed E-state index contributed by atoms with van der Waals surface area (Å²) in [4.78, 5) is 22.9. The van der Waals surface area contributed by atoms with Crippen LogP contribution in [-0.2, 0) is 23.8 Å². The van der Waals surface area contributed by atoms with Gasteiger partial charge in [0.25, 0.3) is 10.1 Å². The van der Waals surface area contributed by atoms with Crippen molar-refractivity contribution in [3.05, 3.63) is 40.8 Å². The number of hydrogen-bond donors (Lipinski definition) is 0. The average molecular weight is 368 g/mol. The lowest BCUT2D eigenvalue weighted by atomic mass is 9.91. The van der Waals surface area contributed by atoms with E-state index in [9.17, 15) is 18.0 Å². The van der Waals surface area contributed by atoms with Crippen LogP contribution < -0.4 is 5.63 Å². The molecule has 0 aliphatic rings. The van der Waals surface area contributed by atoms with Gasteiger partial charge in [-0.3, -0.25) is 8.98 Å². The van der Waals surface area contributed by atoms with Crippen molar-refractivity contribution < 1.29 is 26.5 Å². The van der Waals surface area contributed by atoms with E-state index >= 15 is 0 Å². The van der Waals surface area contributed by atoms with Crippen LogP contribution >= 0.6 is 0 Å². The van der Waals surface area contributed by atoms with Gasteiger partial charge in [0.2, 0.25) is 0 Å². The number of rotatable bonds is 7. The van der Waals surface area contributed by atoms with Gasteiger partial charge < -0.3 is 9.15 Å². The molecule has 0 aliphatic heterocycles. The Kier molecular flexibility index (Phi) is 5.64. The Morgan fingerprint density at radius 2 is 1.88 bits per heavy atom. The van der Waals surface area contributed by atoms with Crippen LogP contribution in [0.2, 0.25) is 0 Å². The Bertz CT molecular complexity index is 925. The van der Waals surface area contributed by atoms with Gasteiger partial charge in [-0.05, 0) is 44.5 Å². The zero-order valence-electron chi connectivity index (χ0n) is 14.3. The Morgan fingerprint density at radius 3 is 2.56 bits per heavy atom. The topological polar surface area (TPSA) is 99.9 Å². The van der Waals surface area contributed by atoms with Crippen LogP contribution in [0, 0.1) is 5.41 Å². The molecule has 7 nitrogen and oxygen atoms in total. The van der Waals surface area contributed by atoms with Crippen molar-refractivity contribution in [1.82, 2.24) is 0 Å². The van der Waals surface area contributed by atoms with Gasteiger partial charge in [-0.25, -0.2) is 4.79 Å². The molecule has 0 atom stereocenters. The van der Waals surface area contributed by atoms with E-state index in [1.54, 1.807) is 13.8 Å². The molecular formula is C17H20O7S. The first-order chi connectivity index (χ1) is 11.7. The van der Waals surface area contributed by atoms with Crippen molar-refractivity contribution in [3.63, 3.8) is 0 Å². The Balaban J connectivity index is 2.01. The lowest BCUT2D eigenvalue weighted by Gasteiger charge is -2.20. The molecule has 0 spiro atoms. The average Bonchev–Trinajstić information content (AvgIpc) is 2.57. The SMILES string of the molecule is CCC(C)(C)C(=O)OCCOS(=O)(=O)c1ccc2oc(=O)ccc2c1. The van der Waals surface area contributed by atoms with Crippen LogP contribution in [-0.4, -0.2) is 27.6 Å². The van der Waals surface area contributed by atoms with Crippen LogP contribution in [0.25, 0.3) is 11.0 Å². The highest BCUT2D eigenvalue weighted by Gasteiger charge is 2.27. The normalized spacial score (nSPS) is 12.3. The molecule has 0 fully saturated rings. The molecule has 1 heterocycles. The highest BCUT2D eigenvalue weighted by atomic mass is 32.2. The van der Waals surface area contributed by atoms with E-state index in [1.807, 2.05) is 6.92 Å². The number of ether oxygens (including phenoxy) is 1. The zero-order chi connectivity index (χ0) is 18.7. The van der Waals surface area contributed by atoms with Crippen LogP contribution in [0.3, 0.4) is 0 Å². The second-order valence-electron chi connectivity index (χ2n) is 6.10. The maximum atomic E-state index is 12.2. The number of carbonyl (C=O) groups is 1.